The van der Waals surface area contributed by atoms with E-state index < -0.39 is 0 Å². The van der Waals surface area contributed by atoms with Crippen LogP contribution >= 0.6 is 0 Å². The van der Waals surface area contributed by atoms with Gasteiger partial charge in [-0.15, -0.1) is 0 Å². The van der Waals surface area contributed by atoms with Crippen LogP contribution in [-0.4, -0.2) is 48.3 Å². The largest absolute Gasteiger partial charge is 0.390 e. The Morgan fingerprint density at radius 3 is 2.47 bits per heavy atom. The summed E-state index contributed by atoms with van der Waals surface area (Å²) in [6.45, 7) is 12.5. The molecule has 1 fully saturated rings. The van der Waals surface area contributed by atoms with E-state index in [2.05, 4.69) is 37.9 Å². The van der Waals surface area contributed by atoms with Crippen molar-refractivity contribution in [2.45, 2.75) is 59.1 Å². The number of hydrogen-bond acceptors (Lipinski definition) is 3. The molecule has 17 heavy (non-hydrogen) atoms. The third-order valence-corrected chi connectivity index (χ3v) is 3.97. The zero-order chi connectivity index (χ0) is 12.9. The fourth-order valence-electron chi connectivity index (χ4n) is 2.76. The van der Waals surface area contributed by atoms with Gasteiger partial charge in [0.15, 0.2) is 0 Å². The highest BCUT2D eigenvalue weighted by Crippen LogP contribution is 2.36. The summed E-state index contributed by atoms with van der Waals surface area (Å²) in [6, 6.07) is 0.608. The first-order valence-corrected chi connectivity index (χ1v) is 7.10. The van der Waals surface area contributed by atoms with E-state index in [1.54, 1.807) is 0 Å². The molecule has 102 valence electrons. The van der Waals surface area contributed by atoms with Crippen LogP contribution in [0.4, 0.5) is 0 Å². The van der Waals surface area contributed by atoms with Crippen LogP contribution in [0.5, 0.6) is 0 Å². The smallest absolute Gasteiger partial charge is 0.0791 e. The maximum absolute atomic E-state index is 9.97. The minimum atomic E-state index is -0.237. The first-order valence-electron chi connectivity index (χ1n) is 7.10. The second-order valence-electron chi connectivity index (χ2n) is 6.15. The van der Waals surface area contributed by atoms with Gasteiger partial charge in [0.05, 0.1) is 6.10 Å². The highest BCUT2D eigenvalue weighted by molar-refractivity contribution is 4.86. The topological polar surface area (TPSA) is 35.5 Å². The van der Waals surface area contributed by atoms with Gasteiger partial charge in [0.25, 0.3) is 0 Å². The second-order valence-corrected chi connectivity index (χ2v) is 6.15. The summed E-state index contributed by atoms with van der Waals surface area (Å²) >= 11 is 0. The summed E-state index contributed by atoms with van der Waals surface area (Å²) in [7, 11) is 0. The normalized spacial score (nSPS) is 25.4. The van der Waals surface area contributed by atoms with E-state index in [-0.39, 0.29) is 6.10 Å². The van der Waals surface area contributed by atoms with Gasteiger partial charge in [-0.2, -0.15) is 0 Å². The average molecular weight is 242 g/mol. The van der Waals surface area contributed by atoms with Gasteiger partial charge in [-0.3, -0.25) is 0 Å². The van der Waals surface area contributed by atoms with Crippen LogP contribution < -0.4 is 5.32 Å². The van der Waals surface area contributed by atoms with Gasteiger partial charge >= 0.3 is 0 Å². The summed E-state index contributed by atoms with van der Waals surface area (Å²) in [4.78, 5) is 2.27. The molecule has 1 rings (SSSR count). The summed E-state index contributed by atoms with van der Waals surface area (Å²) in [5.74, 6) is 0. The molecule has 0 aliphatic heterocycles. The molecular formula is C14H30N2O. The van der Waals surface area contributed by atoms with Crippen molar-refractivity contribution in [1.29, 1.82) is 0 Å². The Labute approximate surface area is 107 Å². The van der Waals surface area contributed by atoms with E-state index in [0.29, 0.717) is 11.5 Å². The molecular weight excluding hydrogens is 212 g/mol. The summed E-state index contributed by atoms with van der Waals surface area (Å²) < 4.78 is 0. The molecule has 0 heterocycles. The van der Waals surface area contributed by atoms with Crippen molar-refractivity contribution in [3.05, 3.63) is 0 Å². The fourth-order valence-corrected chi connectivity index (χ4v) is 2.76. The molecule has 2 unspecified atom stereocenters. The Kier molecular flexibility index (Phi) is 5.90. The molecule has 0 amide bonds. The highest BCUT2D eigenvalue weighted by Gasteiger charge is 2.30. The number of nitrogens with one attached hydrogen (secondary N) is 1. The molecule has 3 heteroatoms. The summed E-state index contributed by atoms with van der Waals surface area (Å²) in [6.07, 6.45) is 3.56. The molecule has 1 aliphatic rings. The molecule has 0 aromatic rings. The van der Waals surface area contributed by atoms with Crippen molar-refractivity contribution in [2.24, 2.45) is 5.41 Å². The molecule has 2 atom stereocenters. The monoisotopic (exact) mass is 242 g/mol. The molecule has 0 saturated heterocycles. The van der Waals surface area contributed by atoms with Crippen LogP contribution in [0.2, 0.25) is 0 Å². The molecule has 0 aromatic carbocycles. The van der Waals surface area contributed by atoms with Crippen LogP contribution in [0.1, 0.15) is 47.0 Å². The van der Waals surface area contributed by atoms with Crippen molar-refractivity contribution in [2.75, 3.05) is 26.2 Å². The molecule has 0 aromatic heterocycles. The Morgan fingerprint density at radius 2 is 2.00 bits per heavy atom. The predicted octanol–water partition coefficient (Wildman–Crippen LogP) is 1.86. The zero-order valence-electron chi connectivity index (χ0n) is 12.0. The molecule has 0 spiro atoms. The van der Waals surface area contributed by atoms with Gasteiger partial charge in [-0.25, -0.2) is 0 Å². The average Bonchev–Trinajstić information content (AvgIpc) is 2.63. The lowest BCUT2D eigenvalue weighted by atomic mass is 9.92. The Hall–Kier alpha value is -0.120. The number of rotatable bonds is 7. The van der Waals surface area contributed by atoms with Crippen LogP contribution in [0.25, 0.3) is 0 Å². The van der Waals surface area contributed by atoms with E-state index in [4.69, 9.17) is 0 Å². The lowest BCUT2D eigenvalue weighted by Gasteiger charge is -2.24. The molecule has 2 N–H and O–H groups in total. The fraction of sp³-hybridized carbons (Fsp3) is 1.00. The van der Waals surface area contributed by atoms with Gasteiger partial charge in [0.1, 0.15) is 0 Å². The number of likely N-dealkylation sites (N-methyl/N-ethyl adjacent to an activating group) is 1. The molecule has 1 aliphatic carbocycles. The third-order valence-electron chi connectivity index (χ3n) is 3.97. The van der Waals surface area contributed by atoms with E-state index in [1.807, 2.05) is 0 Å². The molecule has 0 radical (unpaired) electrons. The first-order chi connectivity index (χ1) is 7.96. The van der Waals surface area contributed by atoms with Crippen LogP contribution in [0, 0.1) is 5.41 Å². The van der Waals surface area contributed by atoms with E-state index >= 15 is 0 Å². The van der Waals surface area contributed by atoms with Crippen molar-refractivity contribution < 1.29 is 5.11 Å². The highest BCUT2D eigenvalue weighted by atomic mass is 16.3. The van der Waals surface area contributed by atoms with E-state index in [0.717, 1.165) is 26.2 Å². The lowest BCUT2D eigenvalue weighted by Crippen LogP contribution is -2.41. The molecule has 1 saturated carbocycles. The first kappa shape index (κ1) is 14.9. The second kappa shape index (κ2) is 6.72. The van der Waals surface area contributed by atoms with E-state index in [1.165, 1.54) is 19.3 Å². The van der Waals surface area contributed by atoms with Crippen LogP contribution in [0.15, 0.2) is 0 Å². The maximum atomic E-state index is 9.97. The summed E-state index contributed by atoms with van der Waals surface area (Å²) in [5, 5.41) is 13.5. The predicted molar refractivity (Wildman–Crippen MR) is 73.2 cm³/mol. The number of aliphatic hydroxyl groups excluding tert-OH is 1. The Balaban J connectivity index is 2.18. The van der Waals surface area contributed by atoms with Gasteiger partial charge in [0.2, 0.25) is 0 Å². The van der Waals surface area contributed by atoms with Gasteiger partial charge in [-0.1, -0.05) is 27.7 Å². The SMILES string of the molecule is CCN(CC)CC(O)CNC1CCC(C)(C)C1. The minimum Gasteiger partial charge on any atom is -0.390 e. The van der Waals surface area contributed by atoms with Gasteiger partial charge < -0.3 is 15.3 Å². The summed E-state index contributed by atoms with van der Waals surface area (Å²) in [5.41, 5.74) is 0.488. The van der Waals surface area contributed by atoms with Gasteiger partial charge in [0, 0.05) is 19.1 Å². The van der Waals surface area contributed by atoms with Crippen molar-refractivity contribution in [3.63, 3.8) is 0 Å². The van der Waals surface area contributed by atoms with Crippen molar-refractivity contribution in [1.82, 2.24) is 10.2 Å². The number of nitrogens with zero attached hydrogens (tertiary/aromatic N) is 1. The quantitative estimate of drug-likeness (QED) is 0.715. The van der Waals surface area contributed by atoms with Crippen LogP contribution in [0.3, 0.4) is 0 Å². The zero-order valence-corrected chi connectivity index (χ0v) is 12.0. The van der Waals surface area contributed by atoms with Crippen molar-refractivity contribution >= 4 is 0 Å². The van der Waals surface area contributed by atoms with Gasteiger partial charge in [-0.05, 0) is 37.8 Å². The Bertz CT molecular complexity index is 214. The number of hydrogen-bond donors (Lipinski definition) is 2. The number of aliphatic hydroxyl groups is 1. The van der Waals surface area contributed by atoms with E-state index in [9.17, 15) is 5.11 Å². The maximum Gasteiger partial charge on any atom is 0.0791 e. The minimum absolute atomic E-state index is 0.237. The van der Waals surface area contributed by atoms with Crippen LogP contribution in [-0.2, 0) is 0 Å². The molecule has 3 nitrogen and oxygen atoms in total. The standard InChI is InChI=1S/C14H30N2O/c1-5-16(6-2)11-13(17)10-15-12-7-8-14(3,4)9-12/h12-13,15,17H,5-11H2,1-4H3. The molecule has 0 bridgehead atoms. The third kappa shape index (κ3) is 5.36. The Morgan fingerprint density at radius 1 is 1.35 bits per heavy atom. The van der Waals surface area contributed by atoms with Crippen molar-refractivity contribution in [3.8, 4) is 0 Å². The lowest BCUT2D eigenvalue weighted by molar-refractivity contribution is 0.113.